The number of hydrogen-bond donors (Lipinski definition) is 1. The van der Waals surface area contributed by atoms with Gasteiger partial charge in [-0.3, -0.25) is 9.88 Å². The maximum atomic E-state index is 16.9. The van der Waals surface area contributed by atoms with Crippen molar-refractivity contribution in [2.75, 3.05) is 37.7 Å². The molecule has 45 heavy (non-hydrogen) atoms. The second kappa shape index (κ2) is 12.0. The Morgan fingerprint density at radius 1 is 1.09 bits per heavy atom. The van der Waals surface area contributed by atoms with Crippen molar-refractivity contribution in [1.82, 2.24) is 19.9 Å². The summed E-state index contributed by atoms with van der Waals surface area (Å²) in [7, 11) is 0. The van der Waals surface area contributed by atoms with Gasteiger partial charge in [0.1, 0.15) is 35.2 Å². The lowest BCUT2D eigenvalue weighted by Crippen LogP contribution is -2.43. The number of rotatable bonds is 10. The summed E-state index contributed by atoms with van der Waals surface area (Å²) in [5, 5.41) is 12.3. The first kappa shape index (κ1) is 30.1. The number of hydrogen-bond acceptors (Lipinski definition) is 7. The quantitative estimate of drug-likeness (QED) is 0.196. The number of pyridine rings is 1. The van der Waals surface area contributed by atoms with Gasteiger partial charge in [0.15, 0.2) is 5.82 Å². The van der Waals surface area contributed by atoms with Gasteiger partial charge in [-0.05, 0) is 111 Å². The molecule has 0 unspecified atom stereocenters. The Balaban J connectivity index is 1.37. The monoisotopic (exact) mass is 615 g/mol. The van der Waals surface area contributed by atoms with Gasteiger partial charge < -0.3 is 14.7 Å². The topological polar surface area (TPSA) is 74.6 Å². The summed E-state index contributed by atoms with van der Waals surface area (Å²) in [5.74, 6) is 0.878. The van der Waals surface area contributed by atoms with Crippen LogP contribution in [0.5, 0.6) is 11.8 Å². The van der Waals surface area contributed by atoms with E-state index in [2.05, 4.69) is 28.6 Å². The van der Waals surface area contributed by atoms with Crippen LogP contribution in [0.2, 0.25) is 0 Å². The van der Waals surface area contributed by atoms with Crippen molar-refractivity contribution in [3.05, 3.63) is 47.7 Å². The molecule has 0 radical (unpaired) electrons. The van der Waals surface area contributed by atoms with E-state index in [1.807, 2.05) is 6.92 Å². The van der Waals surface area contributed by atoms with Crippen LogP contribution in [-0.2, 0) is 6.42 Å². The molecule has 3 fully saturated rings. The van der Waals surface area contributed by atoms with Gasteiger partial charge in [-0.25, -0.2) is 8.78 Å². The van der Waals surface area contributed by atoms with Gasteiger partial charge in [0.05, 0.1) is 10.9 Å². The first-order valence-corrected chi connectivity index (χ1v) is 16.7. The van der Waals surface area contributed by atoms with Crippen LogP contribution in [0, 0.1) is 23.5 Å². The number of phenolic OH excluding ortho intramolecular Hbond substituents is 1. The molecular weight excluding hydrogens is 572 g/mol. The van der Waals surface area contributed by atoms with Gasteiger partial charge >= 0.3 is 6.01 Å². The zero-order valence-corrected chi connectivity index (χ0v) is 26.6. The number of nitrogens with zero attached hydrogens (tertiary/aromatic N) is 5. The predicted octanol–water partition coefficient (Wildman–Crippen LogP) is 7.66. The van der Waals surface area contributed by atoms with E-state index in [-0.39, 0.29) is 34.3 Å². The fraction of sp³-hybridized carbons (Fsp3) is 0.528. The lowest BCUT2D eigenvalue weighted by atomic mass is 9.76. The average Bonchev–Trinajstić information content (AvgIpc) is 3.59. The van der Waals surface area contributed by atoms with Crippen LogP contribution in [0.1, 0.15) is 71.3 Å². The Labute approximate surface area is 263 Å². The second-order valence-electron chi connectivity index (χ2n) is 13.6. The summed E-state index contributed by atoms with van der Waals surface area (Å²) in [4.78, 5) is 19.0. The fourth-order valence-corrected chi connectivity index (χ4v) is 8.29. The minimum Gasteiger partial charge on any atom is -0.508 e. The zero-order valence-electron chi connectivity index (χ0n) is 26.6. The number of fused-ring (bicyclic) bond motifs is 3. The van der Waals surface area contributed by atoms with Crippen molar-refractivity contribution in [3.63, 3.8) is 0 Å². The van der Waals surface area contributed by atoms with Gasteiger partial charge in [-0.2, -0.15) is 9.97 Å². The van der Waals surface area contributed by atoms with E-state index in [1.165, 1.54) is 25.0 Å². The number of aromatic hydroxyl groups is 1. The number of aryl methyl sites for hydroxylation is 1. The highest BCUT2D eigenvalue weighted by atomic mass is 19.1. The molecule has 0 amide bonds. The Kier molecular flexibility index (Phi) is 8.00. The van der Waals surface area contributed by atoms with E-state index in [0.717, 1.165) is 64.2 Å². The third kappa shape index (κ3) is 5.37. The normalized spacial score (nSPS) is 20.9. The lowest BCUT2D eigenvalue weighted by molar-refractivity contribution is 0.108. The molecule has 7 rings (SSSR count). The molecule has 9 heteroatoms. The number of benzene rings is 2. The third-order valence-electron chi connectivity index (χ3n) is 10.4. The summed E-state index contributed by atoms with van der Waals surface area (Å²) in [6.45, 7) is 10.5. The van der Waals surface area contributed by atoms with E-state index in [9.17, 15) is 9.50 Å². The highest BCUT2D eigenvalue weighted by molar-refractivity contribution is 6.01. The van der Waals surface area contributed by atoms with E-state index in [0.29, 0.717) is 52.0 Å². The summed E-state index contributed by atoms with van der Waals surface area (Å²) in [5.41, 5.74) is 0.930. The maximum absolute atomic E-state index is 16.9. The van der Waals surface area contributed by atoms with Crippen LogP contribution in [0.4, 0.5) is 14.6 Å². The molecule has 238 valence electrons. The van der Waals surface area contributed by atoms with Crippen molar-refractivity contribution in [1.29, 1.82) is 0 Å². The number of aromatic nitrogens is 3. The standard InChI is InChI=1S/C36H43F2N5O2/c1-4-12-42(20-23-15-22(3)16-23)34-28-19-39-32(27-18-25(44)17-24-8-9-29(37)26(5-2)30(24)27)31(38)33(28)40-35(41-34)45-21-36-10-6-13-43(36)14-7-11-36/h8-9,17-19,22-23,44H,4-7,10-16,20-21H2,1-3H3. The van der Waals surface area contributed by atoms with Crippen molar-refractivity contribution >= 4 is 27.5 Å². The molecule has 0 atom stereocenters. The molecule has 4 heterocycles. The molecule has 0 bridgehead atoms. The predicted molar refractivity (Wildman–Crippen MR) is 174 cm³/mol. The molecule has 1 N–H and O–H groups in total. The van der Waals surface area contributed by atoms with E-state index in [4.69, 9.17) is 14.7 Å². The molecule has 4 aromatic rings. The zero-order chi connectivity index (χ0) is 31.3. The van der Waals surface area contributed by atoms with Crippen LogP contribution in [-0.4, -0.2) is 63.3 Å². The van der Waals surface area contributed by atoms with Crippen LogP contribution in [0.15, 0.2) is 30.5 Å². The van der Waals surface area contributed by atoms with Crippen LogP contribution in [0.25, 0.3) is 32.9 Å². The number of phenols is 1. The van der Waals surface area contributed by atoms with Crippen LogP contribution in [0.3, 0.4) is 0 Å². The first-order valence-electron chi connectivity index (χ1n) is 16.7. The molecule has 0 spiro atoms. The lowest BCUT2D eigenvalue weighted by Gasteiger charge is -2.37. The Morgan fingerprint density at radius 2 is 1.87 bits per heavy atom. The Hall–Kier alpha value is -3.59. The van der Waals surface area contributed by atoms with Gasteiger partial charge in [0.25, 0.3) is 0 Å². The highest BCUT2D eigenvalue weighted by Gasteiger charge is 2.45. The van der Waals surface area contributed by atoms with Crippen molar-refractivity contribution in [2.45, 2.75) is 77.7 Å². The molecule has 2 saturated heterocycles. The minimum atomic E-state index is -0.630. The van der Waals surface area contributed by atoms with Crippen LogP contribution < -0.4 is 9.64 Å². The molecule has 1 saturated carbocycles. The number of anilines is 1. The summed E-state index contributed by atoms with van der Waals surface area (Å²) < 4.78 is 38.3. The molecular formula is C36H43F2N5O2. The van der Waals surface area contributed by atoms with Crippen molar-refractivity contribution in [2.24, 2.45) is 11.8 Å². The number of halogens is 2. The van der Waals surface area contributed by atoms with Crippen LogP contribution >= 0.6 is 0 Å². The van der Waals surface area contributed by atoms with Gasteiger partial charge in [-0.1, -0.05) is 26.8 Å². The summed E-state index contributed by atoms with van der Waals surface area (Å²) in [6.07, 6.45) is 9.76. The van der Waals surface area contributed by atoms with Gasteiger partial charge in [0, 0.05) is 24.8 Å². The molecule has 2 aromatic heterocycles. The molecule has 7 nitrogen and oxygen atoms in total. The molecule has 2 aliphatic heterocycles. The maximum Gasteiger partial charge on any atom is 0.319 e. The van der Waals surface area contributed by atoms with Crippen molar-refractivity contribution < 1.29 is 18.6 Å². The largest absolute Gasteiger partial charge is 0.508 e. The fourth-order valence-electron chi connectivity index (χ4n) is 8.29. The average molecular weight is 616 g/mol. The van der Waals surface area contributed by atoms with Crippen molar-refractivity contribution in [3.8, 4) is 23.0 Å². The van der Waals surface area contributed by atoms with E-state index >= 15 is 4.39 Å². The SMILES string of the molecule is CCCN(CC1CC(C)C1)c1nc(OCC23CCCN2CCC3)nc2c(F)c(-c3cc(O)cc4ccc(F)c(CC)c34)ncc12. The Bertz CT molecular complexity index is 1730. The van der Waals surface area contributed by atoms with E-state index < -0.39 is 5.82 Å². The summed E-state index contributed by atoms with van der Waals surface area (Å²) >= 11 is 0. The molecule has 3 aliphatic rings. The van der Waals surface area contributed by atoms with Gasteiger partial charge in [0.2, 0.25) is 0 Å². The molecule has 2 aromatic carbocycles. The smallest absolute Gasteiger partial charge is 0.319 e. The third-order valence-corrected chi connectivity index (χ3v) is 10.4. The number of ether oxygens (including phenoxy) is 1. The minimum absolute atomic E-state index is 0.00723. The van der Waals surface area contributed by atoms with E-state index in [1.54, 1.807) is 18.3 Å². The first-order chi connectivity index (χ1) is 21.8. The highest BCUT2D eigenvalue weighted by Crippen LogP contribution is 2.42. The molecule has 1 aliphatic carbocycles. The van der Waals surface area contributed by atoms with Gasteiger partial charge in [-0.15, -0.1) is 0 Å². The Morgan fingerprint density at radius 3 is 2.58 bits per heavy atom. The summed E-state index contributed by atoms with van der Waals surface area (Å²) in [6, 6.07) is 6.20. The second-order valence-corrected chi connectivity index (χ2v) is 13.6.